The van der Waals surface area contributed by atoms with Crippen molar-refractivity contribution in [1.29, 1.82) is 0 Å². The predicted octanol–water partition coefficient (Wildman–Crippen LogP) is 5.22. The van der Waals surface area contributed by atoms with E-state index in [1.807, 2.05) is 24.3 Å². The molecule has 0 bridgehead atoms. The summed E-state index contributed by atoms with van der Waals surface area (Å²) in [6.45, 7) is 8.16. The molecule has 29 heavy (non-hydrogen) atoms. The fraction of sp³-hybridized carbons (Fsp3) is 0.333. The normalized spacial score (nSPS) is 15.3. The molecule has 2 aromatic rings. The van der Waals surface area contributed by atoms with E-state index in [2.05, 4.69) is 18.7 Å². The van der Waals surface area contributed by atoms with Crippen molar-refractivity contribution >= 4 is 58.4 Å². The molecule has 1 fully saturated rings. The summed E-state index contributed by atoms with van der Waals surface area (Å²) in [4.78, 5) is 17.3. The number of thiocarbonyl (C=S) groups is 1. The lowest BCUT2D eigenvalue weighted by Gasteiger charge is -2.18. The summed E-state index contributed by atoms with van der Waals surface area (Å²) in [5.41, 5.74) is 1.59. The van der Waals surface area contributed by atoms with E-state index >= 15 is 0 Å². The van der Waals surface area contributed by atoms with Crippen molar-refractivity contribution in [3.05, 3.63) is 53.3 Å². The number of thioether (sulfide) groups is 1. The zero-order valence-electron chi connectivity index (χ0n) is 16.5. The third-order valence-electron chi connectivity index (χ3n) is 4.51. The number of hydrogen-bond acceptors (Lipinski definition) is 6. The molecule has 2 heterocycles. The number of halogens is 1. The molecule has 156 valence electrons. The van der Waals surface area contributed by atoms with Crippen molar-refractivity contribution in [2.45, 2.75) is 20.3 Å². The van der Waals surface area contributed by atoms with Crippen molar-refractivity contribution < 1.29 is 13.9 Å². The highest BCUT2D eigenvalue weighted by atomic mass is 35.5. The lowest BCUT2D eigenvalue weighted by molar-refractivity contribution is -0.113. The van der Waals surface area contributed by atoms with Gasteiger partial charge in [-0.2, -0.15) is 0 Å². The first-order chi connectivity index (χ1) is 13.6. The van der Waals surface area contributed by atoms with E-state index in [-0.39, 0.29) is 18.3 Å². The topological polar surface area (TPSA) is 45.9 Å². The summed E-state index contributed by atoms with van der Waals surface area (Å²) in [6, 6.07) is 9.30. The first kappa shape index (κ1) is 23.5. The summed E-state index contributed by atoms with van der Waals surface area (Å²) < 4.78 is 11.4. The van der Waals surface area contributed by atoms with Crippen molar-refractivity contribution in [1.82, 2.24) is 4.90 Å². The molecule has 8 heteroatoms. The van der Waals surface area contributed by atoms with Crippen LogP contribution in [0.3, 0.4) is 0 Å². The number of rotatable bonds is 9. The van der Waals surface area contributed by atoms with Crippen LogP contribution in [0.2, 0.25) is 0 Å². The second kappa shape index (κ2) is 11.4. The molecule has 0 N–H and O–H groups in total. The van der Waals surface area contributed by atoms with Gasteiger partial charge in [-0.3, -0.25) is 9.69 Å². The minimum Gasteiger partial charge on any atom is -0.494 e. The fourth-order valence-electron chi connectivity index (χ4n) is 2.91. The van der Waals surface area contributed by atoms with Gasteiger partial charge in [0, 0.05) is 12.1 Å². The second-order valence-corrected chi connectivity index (χ2v) is 7.97. The van der Waals surface area contributed by atoms with Gasteiger partial charge in [-0.05, 0) is 55.9 Å². The van der Waals surface area contributed by atoms with Gasteiger partial charge in [0.2, 0.25) is 0 Å². The van der Waals surface area contributed by atoms with E-state index in [9.17, 15) is 4.79 Å². The number of hydrogen-bond donors (Lipinski definition) is 0. The first-order valence-corrected chi connectivity index (χ1v) is 10.6. The van der Waals surface area contributed by atoms with E-state index in [0.29, 0.717) is 15.8 Å². The Morgan fingerprint density at radius 1 is 1.21 bits per heavy atom. The molecule has 0 atom stereocenters. The van der Waals surface area contributed by atoms with Crippen molar-refractivity contribution in [2.75, 3.05) is 31.1 Å². The van der Waals surface area contributed by atoms with Crippen LogP contribution in [0.4, 0.5) is 5.69 Å². The van der Waals surface area contributed by atoms with Crippen LogP contribution in [-0.4, -0.2) is 41.4 Å². The average molecular weight is 453 g/mol. The van der Waals surface area contributed by atoms with Crippen LogP contribution in [0.25, 0.3) is 6.08 Å². The standard InChI is InChI=1S/C21H24N2O3S2.ClH/c1-3-22(4-2)11-5-12-26-18-8-6-17(7-9-18)23-20(24)19(28-21(23)27)14-16-10-13-25-15-16;/h6-10,13-15H,3-5,11-12H2,1-2H3;1H/b19-14-;. The van der Waals surface area contributed by atoms with E-state index in [1.54, 1.807) is 29.6 Å². The van der Waals surface area contributed by atoms with E-state index in [1.165, 1.54) is 11.8 Å². The lowest BCUT2D eigenvalue weighted by Crippen LogP contribution is -2.27. The number of anilines is 1. The third kappa shape index (κ3) is 6.09. The van der Waals surface area contributed by atoms with Gasteiger partial charge in [0.1, 0.15) is 5.75 Å². The van der Waals surface area contributed by atoms with Crippen LogP contribution in [0.1, 0.15) is 25.8 Å². The molecule has 0 saturated carbocycles. The van der Waals surface area contributed by atoms with Crippen LogP contribution in [0, 0.1) is 0 Å². The Kier molecular flexibility index (Phi) is 9.23. The lowest BCUT2D eigenvalue weighted by atomic mass is 10.2. The van der Waals surface area contributed by atoms with E-state index in [0.717, 1.165) is 43.1 Å². The van der Waals surface area contributed by atoms with Gasteiger partial charge in [0.15, 0.2) is 4.32 Å². The molecule has 0 spiro atoms. The van der Waals surface area contributed by atoms with Gasteiger partial charge in [0.25, 0.3) is 5.91 Å². The highest BCUT2D eigenvalue weighted by Crippen LogP contribution is 2.36. The molecule has 1 aliphatic heterocycles. The van der Waals surface area contributed by atoms with Crippen LogP contribution in [0.5, 0.6) is 5.75 Å². The highest BCUT2D eigenvalue weighted by Gasteiger charge is 2.33. The van der Waals surface area contributed by atoms with Gasteiger partial charge >= 0.3 is 0 Å². The molecule has 1 aliphatic rings. The van der Waals surface area contributed by atoms with Gasteiger partial charge in [-0.1, -0.05) is 37.8 Å². The molecule has 1 aromatic heterocycles. The van der Waals surface area contributed by atoms with Crippen molar-refractivity contribution in [3.8, 4) is 5.75 Å². The monoisotopic (exact) mass is 452 g/mol. The Bertz CT molecular complexity index is 834. The van der Waals surface area contributed by atoms with E-state index in [4.69, 9.17) is 21.4 Å². The van der Waals surface area contributed by atoms with Crippen LogP contribution < -0.4 is 9.64 Å². The first-order valence-electron chi connectivity index (χ1n) is 9.37. The maximum absolute atomic E-state index is 12.7. The molecule has 1 saturated heterocycles. The Morgan fingerprint density at radius 3 is 2.55 bits per heavy atom. The largest absolute Gasteiger partial charge is 0.494 e. The van der Waals surface area contributed by atoms with Crippen molar-refractivity contribution in [2.24, 2.45) is 0 Å². The number of amides is 1. The Labute approximate surface area is 187 Å². The molecule has 5 nitrogen and oxygen atoms in total. The molecule has 1 amide bonds. The zero-order valence-corrected chi connectivity index (χ0v) is 18.9. The summed E-state index contributed by atoms with van der Waals surface area (Å²) in [5.74, 6) is 0.673. The predicted molar refractivity (Wildman–Crippen MR) is 126 cm³/mol. The number of nitrogens with zero attached hydrogens (tertiary/aromatic N) is 2. The molecule has 0 unspecified atom stereocenters. The molecular weight excluding hydrogens is 428 g/mol. The third-order valence-corrected chi connectivity index (χ3v) is 5.81. The van der Waals surface area contributed by atoms with Gasteiger partial charge in [-0.25, -0.2) is 0 Å². The number of carbonyl (C=O) groups is 1. The second-order valence-electron chi connectivity index (χ2n) is 6.30. The smallest absolute Gasteiger partial charge is 0.270 e. The summed E-state index contributed by atoms with van der Waals surface area (Å²) in [5, 5.41) is 0. The minimum absolute atomic E-state index is 0. The molecule has 0 aliphatic carbocycles. The summed E-state index contributed by atoms with van der Waals surface area (Å²) in [7, 11) is 0. The highest BCUT2D eigenvalue weighted by molar-refractivity contribution is 8.27. The maximum atomic E-state index is 12.7. The zero-order chi connectivity index (χ0) is 19.9. The van der Waals surface area contributed by atoms with E-state index < -0.39 is 0 Å². The molecule has 3 rings (SSSR count). The quantitative estimate of drug-likeness (QED) is 0.295. The average Bonchev–Trinajstić information content (AvgIpc) is 3.31. The Morgan fingerprint density at radius 2 is 1.93 bits per heavy atom. The van der Waals surface area contributed by atoms with Gasteiger partial charge in [-0.15, -0.1) is 12.4 Å². The maximum Gasteiger partial charge on any atom is 0.270 e. The van der Waals surface area contributed by atoms with Crippen LogP contribution >= 0.6 is 36.4 Å². The molecule has 1 aromatic carbocycles. The molecular formula is C21H25ClN2O3S2. The summed E-state index contributed by atoms with van der Waals surface area (Å²) in [6.07, 6.45) is 5.94. The Balaban J connectivity index is 0.00000300. The Hall–Kier alpha value is -1.80. The number of ether oxygens (including phenoxy) is 1. The molecule has 0 radical (unpaired) electrons. The van der Waals surface area contributed by atoms with Gasteiger partial charge < -0.3 is 14.1 Å². The van der Waals surface area contributed by atoms with Crippen LogP contribution in [-0.2, 0) is 4.79 Å². The fourth-order valence-corrected chi connectivity index (χ4v) is 4.21. The number of furan rings is 1. The summed E-state index contributed by atoms with van der Waals surface area (Å²) >= 11 is 6.70. The SMILES string of the molecule is CCN(CC)CCCOc1ccc(N2C(=O)/C(=C/c3ccoc3)SC2=S)cc1.Cl. The minimum atomic E-state index is -0.121. The van der Waals surface area contributed by atoms with Crippen LogP contribution in [0.15, 0.2) is 52.2 Å². The number of carbonyl (C=O) groups excluding carboxylic acids is 1. The number of benzene rings is 1. The van der Waals surface area contributed by atoms with Gasteiger partial charge in [0.05, 0.1) is 29.7 Å². The van der Waals surface area contributed by atoms with Crippen molar-refractivity contribution in [3.63, 3.8) is 0 Å².